The van der Waals surface area contributed by atoms with Crippen molar-refractivity contribution in [2.24, 2.45) is 5.41 Å². The van der Waals surface area contributed by atoms with E-state index in [1.807, 2.05) is 45.3 Å². The van der Waals surface area contributed by atoms with Crippen molar-refractivity contribution < 1.29 is 19.1 Å². The zero-order valence-corrected chi connectivity index (χ0v) is 23.7. The first kappa shape index (κ1) is 27.4. The fraction of sp³-hybridized carbons (Fsp3) is 0.345. The third kappa shape index (κ3) is 5.21. The highest BCUT2D eigenvalue weighted by atomic mass is 32.1. The molecule has 0 saturated carbocycles. The first-order valence-corrected chi connectivity index (χ1v) is 13.9. The van der Waals surface area contributed by atoms with Crippen LogP contribution in [0.5, 0.6) is 0 Å². The standard InChI is InChI=1S/C29H31FN6O3S/c1-16(2)36-15-32-23(17-6-9-19(30)10-7-17)24(36)27-33-21(14-40-27)26(37)34-22-11-8-18(12-31-22)20-13-35(28(38)39)25(20)29(3,4)5/h6-12,14-16,20,25H,13H2,1-5H3,(H,38,39)(H,31,34,37). The van der Waals surface area contributed by atoms with Crippen LogP contribution in [0, 0.1) is 11.2 Å². The first-order valence-electron chi connectivity index (χ1n) is 13.0. The number of rotatable bonds is 6. The van der Waals surface area contributed by atoms with Gasteiger partial charge in [0.2, 0.25) is 0 Å². The van der Waals surface area contributed by atoms with Gasteiger partial charge in [0, 0.05) is 41.7 Å². The average molecular weight is 563 g/mol. The van der Waals surface area contributed by atoms with E-state index in [-0.39, 0.29) is 34.9 Å². The van der Waals surface area contributed by atoms with Crippen LogP contribution in [0.3, 0.4) is 0 Å². The molecule has 4 heterocycles. The SMILES string of the molecule is CC(C)n1cnc(-c2ccc(F)cc2)c1-c1nc(C(=O)Nc2ccc(C3CN(C(=O)O)C3C(C)(C)C)cn2)cs1. The molecule has 4 aromatic rings. The van der Waals surface area contributed by atoms with Crippen molar-refractivity contribution in [3.8, 4) is 22.0 Å². The van der Waals surface area contributed by atoms with E-state index >= 15 is 0 Å². The van der Waals surface area contributed by atoms with Gasteiger partial charge in [-0.1, -0.05) is 26.8 Å². The summed E-state index contributed by atoms with van der Waals surface area (Å²) in [5, 5.41) is 14.6. The number of carboxylic acid groups (broad SMARTS) is 1. The van der Waals surface area contributed by atoms with Gasteiger partial charge in [0.15, 0.2) is 0 Å². The van der Waals surface area contributed by atoms with Crippen LogP contribution in [-0.2, 0) is 0 Å². The third-order valence-electron chi connectivity index (χ3n) is 7.11. The molecule has 2 N–H and O–H groups in total. The summed E-state index contributed by atoms with van der Waals surface area (Å²) in [5.41, 5.74) is 3.14. The molecule has 1 aromatic carbocycles. The molecule has 9 nitrogen and oxygen atoms in total. The first-order chi connectivity index (χ1) is 18.9. The Bertz CT molecular complexity index is 1540. The van der Waals surface area contributed by atoms with E-state index in [1.54, 1.807) is 36.1 Å². The number of amides is 2. The number of aromatic nitrogens is 4. The van der Waals surface area contributed by atoms with Crippen LogP contribution in [-0.4, -0.2) is 54.1 Å². The number of halogens is 1. The monoisotopic (exact) mass is 562 g/mol. The van der Waals surface area contributed by atoms with Crippen LogP contribution in [0.2, 0.25) is 0 Å². The Labute approximate surface area is 235 Å². The predicted molar refractivity (Wildman–Crippen MR) is 152 cm³/mol. The van der Waals surface area contributed by atoms with E-state index in [9.17, 15) is 19.1 Å². The molecule has 0 bridgehead atoms. The largest absolute Gasteiger partial charge is 0.465 e. The summed E-state index contributed by atoms with van der Waals surface area (Å²) >= 11 is 1.33. The minimum atomic E-state index is -0.920. The van der Waals surface area contributed by atoms with Crippen LogP contribution in [0.1, 0.15) is 62.6 Å². The minimum Gasteiger partial charge on any atom is -0.465 e. The Balaban J connectivity index is 1.34. The molecule has 2 unspecified atom stereocenters. The number of carbonyl (C=O) groups excluding carboxylic acids is 1. The number of benzene rings is 1. The van der Waals surface area contributed by atoms with Crippen LogP contribution in [0.4, 0.5) is 15.0 Å². The van der Waals surface area contributed by atoms with E-state index in [2.05, 4.69) is 20.3 Å². The topological polar surface area (TPSA) is 113 Å². The molecule has 2 atom stereocenters. The molecule has 40 heavy (non-hydrogen) atoms. The van der Waals surface area contributed by atoms with Crippen molar-refractivity contribution in [3.05, 3.63) is 71.4 Å². The lowest BCUT2D eigenvalue weighted by atomic mass is 9.70. The van der Waals surface area contributed by atoms with Gasteiger partial charge in [-0.25, -0.2) is 24.1 Å². The Morgan fingerprint density at radius 1 is 1.12 bits per heavy atom. The molecular formula is C29H31FN6O3S. The summed E-state index contributed by atoms with van der Waals surface area (Å²) in [6.45, 7) is 10.6. The predicted octanol–water partition coefficient (Wildman–Crippen LogP) is 6.53. The van der Waals surface area contributed by atoms with E-state index in [0.717, 1.165) is 16.8 Å². The number of carbonyl (C=O) groups is 2. The lowest BCUT2D eigenvalue weighted by Crippen LogP contribution is -2.62. The number of anilines is 1. The molecule has 1 saturated heterocycles. The summed E-state index contributed by atoms with van der Waals surface area (Å²) in [4.78, 5) is 39.7. The second-order valence-corrected chi connectivity index (χ2v) is 12.1. The lowest BCUT2D eigenvalue weighted by molar-refractivity contribution is -0.00171. The molecule has 0 radical (unpaired) electrons. The Morgan fingerprint density at radius 3 is 2.45 bits per heavy atom. The molecular weight excluding hydrogens is 531 g/mol. The van der Waals surface area contributed by atoms with Crippen LogP contribution in [0.25, 0.3) is 22.0 Å². The summed E-state index contributed by atoms with van der Waals surface area (Å²) < 4.78 is 15.5. The summed E-state index contributed by atoms with van der Waals surface area (Å²) in [6.07, 6.45) is 2.51. The number of thiazole rings is 1. The number of pyridine rings is 1. The highest BCUT2D eigenvalue weighted by Crippen LogP contribution is 2.44. The zero-order valence-electron chi connectivity index (χ0n) is 22.9. The van der Waals surface area contributed by atoms with Crippen LogP contribution in [0.15, 0.2) is 54.3 Å². The minimum absolute atomic E-state index is 0.0376. The maximum absolute atomic E-state index is 13.5. The third-order valence-corrected chi connectivity index (χ3v) is 7.96. The van der Waals surface area contributed by atoms with Gasteiger partial charge < -0.3 is 19.9 Å². The quantitative estimate of drug-likeness (QED) is 0.276. The van der Waals surface area contributed by atoms with Crippen molar-refractivity contribution in [2.75, 3.05) is 11.9 Å². The number of nitrogens with zero attached hydrogens (tertiary/aromatic N) is 5. The molecule has 5 rings (SSSR count). The number of hydrogen-bond acceptors (Lipinski definition) is 6. The average Bonchev–Trinajstić information content (AvgIpc) is 3.51. The Morgan fingerprint density at radius 2 is 1.85 bits per heavy atom. The molecule has 11 heteroatoms. The van der Waals surface area contributed by atoms with Gasteiger partial charge in [0.05, 0.1) is 12.0 Å². The highest BCUT2D eigenvalue weighted by Gasteiger charge is 2.49. The smallest absolute Gasteiger partial charge is 0.407 e. The fourth-order valence-electron chi connectivity index (χ4n) is 5.21. The molecule has 3 aromatic heterocycles. The van der Waals surface area contributed by atoms with Gasteiger partial charge in [-0.3, -0.25) is 4.79 Å². The lowest BCUT2D eigenvalue weighted by Gasteiger charge is -2.53. The summed E-state index contributed by atoms with van der Waals surface area (Å²) in [5.74, 6) is -0.304. The molecule has 0 aliphatic carbocycles. The molecule has 0 spiro atoms. The number of likely N-dealkylation sites (tertiary alicyclic amines) is 1. The van der Waals surface area contributed by atoms with Gasteiger partial charge in [-0.05, 0) is 55.2 Å². The molecule has 208 valence electrons. The van der Waals surface area contributed by atoms with E-state index < -0.39 is 12.0 Å². The normalized spacial score (nSPS) is 17.1. The second-order valence-electron chi connectivity index (χ2n) is 11.3. The summed E-state index contributed by atoms with van der Waals surface area (Å²) in [6, 6.07) is 9.68. The van der Waals surface area contributed by atoms with E-state index in [1.165, 1.54) is 28.4 Å². The van der Waals surface area contributed by atoms with Crippen LogP contribution < -0.4 is 5.32 Å². The number of hydrogen-bond donors (Lipinski definition) is 2. The Kier molecular flexibility index (Phi) is 7.17. The van der Waals surface area contributed by atoms with Gasteiger partial charge in [0.1, 0.15) is 28.0 Å². The maximum atomic E-state index is 13.5. The maximum Gasteiger partial charge on any atom is 0.407 e. The second kappa shape index (κ2) is 10.5. The van der Waals surface area contributed by atoms with Gasteiger partial charge >= 0.3 is 6.09 Å². The number of imidazole rings is 1. The van der Waals surface area contributed by atoms with Crippen LogP contribution >= 0.6 is 11.3 Å². The fourth-order valence-corrected chi connectivity index (χ4v) is 6.06. The number of nitrogens with one attached hydrogen (secondary N) is 1. The van der Waals surface area contributed by atoms with E-state index in [0.29, 0.717) is 23.1 Å². The molecule has 1 fully saturated rings. The summed E-state index contributed by atoms with van der Waals surface area (Å²) in [7, 11) is 0. The van der Waals surface area contributed by atoms with Crippen molar-refractivity contribution in [1.29, 1.82) is 0 Å². The van der Waals surface area contributed by atoms with Gasteiger partial charge in [-0.15, -0.1) is 11.3 Å². The van der Waals surface area contributed by atoms with E-state index in [4.69, 9.17) is 0 Å². The molecule has 2 amide bonds. The van der Waals surface area contributed by atoms with Gasteiger partial charge in [0.25, 0.3) is 5.91 Å². The zero-order chi connectivity index (χ0) is 28.8. The van der Waals surface area contributed by atoms with Crippen molar-refractivity contribution in [3.63, 3.8) is 0 Å². The van der Waals surface area contributed by atoms with Gasteiger partial charge in [-0.2, -0.15) is 0 Å². The van der Waals surface area contributed by atoms with Crippen molar-refractivity contribution >= 4 is 29.2 Å². The molecule has 1 aliphatic rings. The van der Waals surface area contributed by atoms with Crippen molar-refractivity contribution in [1.82, 2.24) is 24.4 Å². The highest BCUT2D eigenvalue weighted by molar-refractivity contribution is 7.13. The van der Waals surface area contributed by atoms with Crippen molar-refractivity contribution in [2.45, 2.75) is 52.6 Å². The molecule has 1 aliphatic heterocycles. The Hall–Kier alpha value is -4.12.